The zero-order valence-corrected chi connectivity index (χ0v) is 14.0. The van der Waals surface area contributed by atoms with E-state index in [1.807, 2.05) is 18.2 Å². The number of hydrogen-bond acceptors (Lipinski definition) is 3. The first-order valence-corrected chi connectivity index (χ1v) is 8.51. The summed E-state index contributed by atoms with van der Waals surface area (Å²) in [6.45, 7) is 0.790. The molecule has 120 valence electrons. The lowest BCUT2D eigenvalue weighted by Crippen LogP contribution is -2.37. The van der Waals surface area contributed by atoms with Gasteiger partial charge >= 0.3 is 5.97 Å². The van der Waals surface area contributed by atoms with Crippen molar-refractivity contribution < 1.29 is 19.1 Å². The summed E-state index contributed by atoms with van der Waals surface area (Å²) in [5.41, 5.74) is -0.103. The third-order valence-corrected chi connectivity index (χ3v) is 5.77. The van der Waals surface area contributed by atoms with E-state index in [0.29, 0.717) is 18.5 Å². The fourth-order valence-corrected chi connectivity index (χ4v) is 4.45. The van der Waals surface area contributed by atoms with Gasteiger partial charge < -0.3 is 14.4 Å². The van der Waals surface area contributed by atoms with E-state index in [4.69, 9.17) is 4.42 Å². The van der Waals surface area contributed by atoms with E-state index in [1.54, 1.807) is 11.0 Å². The van der Waals surface area contributed by atoms with Crippen LogP contribution in [0.5, 0.6) is 0 Å². The molecule has 4 rings (SSSR count). The van der Waals surface area contributed by atoms with Gasteiger partial charge in [-0.15, -0.1) is 0 Å². The second kappa shape index (κ2) is 5.09. The number of nitrogens with zero attached hydrogens (tertiary/aromatic N) is 1. The van der Waals surface area contributed by atoms with Crippen LogP contribution >= 0.6 is 15.9 Å². The first-order valence-electron chi connectivity index (χ1n) is 7.71. The van der Waals surface area contributed by atoms with Gasteiger partial charge in [0, 0.05) is 22.9 Å². The number of rotatable bonds is 2. The molecule has 1 aromatic heterocycles. The highest BCUT2D eigenvalue weighted by molar-refractivity contribution is 9.10. The van der Waals surface area contributed by atoms with Crippen LogP contribution in [0, 0.1) is 11.3 Å². The predicted molar refractivity (Wildman–Crippen MR) is 87.2 cm³/mol. The third kappa shape index (κ3) is 2.19. The number of likely N-dealkylation sites (tertiary alicyclic amines) is 1. The van der Waals surface area contributed by atoms with Crippen molar-refractivity contribution in [3.63, 3.8) is 0 Å². The summed E-state index contributed by atoms with van der Waals surface area (Å²) in [4.78, 5) is 26.1. The Bertz CT molecular complexity index is 814. The normalized spacial score (nSPS) is 26.7. The van der Waals surface area contributed by atoms with E-state index in [9.17, 15) is 14.7 Å². The Morgan fingerprint density at radius 3 is 2.91 bits per heavy atom. The van der Waals surface area contributed by atoms with Gasteiger partial charge in [-0.3, -0.25) is 9.59 Å². The van der Waals surface area contributed by atoms with Gasteiger partial charge in [0.1, 0.15) is 5.58 Å². The molecule has 0 bridgehead atoms. The molecule has 1 saturated heterocycles. The summed E-state index contributed by atoms with van der Waals surface area (Å²) in [6, 6.07) is 7.30. The molecule has 5 nitrogen and oxygen atoms in total. The summed E-state index contributed by atoms with van der Waals surface area (Å²) in [6.07, 6.45) is 2.46. The highest BCUT2D eigenvalue weighted by Crippen LogP contribution is 2.49. The Hall–Kier alpha value is -1.82. The van der Waals surface area contributed by atoms with Gasteiger partial charge in [-0.1, -0.05) is 22.4 Å². The van der Waals surface area contributed by atoms with Crippen LogP contribution in [-0.4, -0.2) is 35.0 Å². The van der Waals surface area contributed by atoms with Crippen LogP contribution in [0.3, 0.4) is 0 Å². The van der Waals surface area contributed by atoms with Crippen LogP contribution in [-0.2, 0) is 4.79 Å². The maximum atomic E-state index is 12.7. The molecular weight excluding hydrogens is 362 g/mol. The summed E-state index contributed by atoms with van der Waals surface area (Å²) >= 11 is 3.40. The average molecular weight is 378 g/mol. The monoisotopic (exact) mass is 377 g/mol. The predicted octanol–water partition coefficient (Wildman–Crippen LogP) is 3.52. The second-order valence-electron chi connectivity index (χ2n) is 6.53. The molecule has 2 aliphatic rings. The van der Waals surface area contributed by atoms with Crippen molar-refractivity contribution in [2.75, 3.05) is 13.1 Å². The number of carboxylic acids is 1. The summed E-state index contributed by atoms with van der Waals surface area (Å²) < 4.78 is 6.57. The van der Waals surface area contributed by atoms with E-state index in [1.165, 1.54) is 0 Å². The zero-order valence-electron chi connectivity index (χ0n) is 12.4. The molecule has 23 heavy (non-hydrogen) atoms. The number of carbonyl (C=O) groups excluding carboxylic acids is 1. The number of amides is 1. The third-order valence-electron chi connectivity index (χ3n) is 5.27. The minimum atomic E-state index is -0.774. The fourth-order valence-electron chi connectivity index (χ4n) is 4.07. The molecule has 0 spiro atoms. The Morgan fingerprint density at radius 2 is 2.17 bits per heavy atom. The number of benzene rings is 1. The van der Waals surface area contributed by atoms with Gasteiger partial charge in [0.15, 0.2) is 5.76 Å². The lowest BCUT2D eigenvalue weighted by Gasteiger charge is -2.22. The SMILES string of the molecule is O=C(c1cc2cc(Br)ccc2o1)N1C[C@@H]2CCC[C@@]2(C(=O)O)C1. The zero-order chi connectivity index (χ0) is 16.2. The summed E-state index contributed by atoms with van der Waals surface area (Å²) in [5, 5.41) is 10.5. The molecule has 1 saturated carbocycles. The molecule has 2 fully saturated rings. The molecule has 1 amide bonds. The molecular formula is C17H16BrNO4. The maximum Gasteiger partial charge on any atom is 0.311 e. The Morgan fingerprint density at radius 1 is 1.35 bits per heavy atom. The van der Waals surface area contributed by atoms with Crippen LogP contribution in [0.2, 0.25) is 0 Å². The molecule has 1 aliphatic carbocycles. The van der Waals surface area contributed by atoms with Crippen LogP contribution in [0.1, 0.15) is 29.8 Å². The van der Waals surface area contributed by atoms with Crippen molar-refractivity contribution in [3.8, 4) is 0 Å². The Labute approximate surface area is 141 Å². The van der Waals surface area contributed by atoms with Gasteiger partial charge in [-0.25, -0.2) is 0 Å². The molecule has 0 radical (unpaired) electrons. The minimum Gasteiger partial charge on any atom is -0.481 e. The number of carboxylic acid groups (broad SMARTS) is 1. The maximum absolute atomic E-state index is 12.7. The highest BCUT2D eigenvalue weighted by atomic mass is 79.9. The van der Waals surface area contributed by atoms with E-state index in [0.717, 1.165) is 22.7 Å². The largest absolute Gasteiger partial charge is 0.481 e. The quantitative estimate of drug-likeness (QED) is 0.868. The van der Waals surface area contributed by atoms with Crippen LogP contribution in [0.15, 0.2) is 33.2 Å². The van der Waals surface area contributed by atoms with Gasteiger partial charge in [-0.05, 0) is 43.0 Å². The van der Waals surface area contributed by atoms with Crippen molar-refractivity contribution in [2.45, 2.75) is 19.3 Å². The van der Waals surface area contributed by atoms with Crippen molar-refractivity contribution >= 4 is 38.8 Å². The number of hydrogen-bond donors (Lipinski definition) is 1. The molecule has 2 atom stereocenters. The molecule has 0 unspecified atom stereocenters. The van der Waals surface area contributed by atoms with E-state index in [-0.39, 0.29) is 24.1 Å². The van der Waals surface area contributed by atoms with Crippen molar-refractivity contribution in [1.82, 2.24) is 4.90 Å². The smallest absolute Gasteiger partial charge is 0.311 e. The van der Waals surface area contributed by atoms with Crippen molar-refractivity contribution in [2.24, 2.45) is 11.3 Å². The van der Waals surface area contributed by atoms with E-state index >= 15 is 0 Å². The van der Waals surface area contributed by atoms with Crippen LogP contribution in [0.4, 0.5) is 0 Å². The average Bonchev–Trinajstić information content (AvgIpc) is 3.17. The van der Waals surface area contributed by atoms with Gasteiger partial charge in [-0.2, -0.15) is 0 Å². The lowest BCUT2D eigenvalue weighted by atomic mass is 9.81. The number of aliphatic carboxylic acids is 1. The van der Waals surface area contributed by atoms with Gasteiger partial charge in [0.2, 0.25) is 0 Å². The standard InChI is InChI=1S/C17H16BrNO4/c18-12-3-4-13-10(6-12)7-14(23-13)15(20)19-8-11-2-1-5-17(11,9-19)16(21)22/h3-4,6-7,11H,1-2,5,8-9H2,(H,21,22)/t11-,17+/m0/s1. The molecule has 1 N–H and O–H groups in total. The van der Waals surface area contributed by atoms with Crippen molar-refractivity contribution in [1.29, 1.82) is 0 Å². The molecule has 2 heterocycles. The molecule has 1 aliphatic heterocycles. The van der Waals surface area contributed by atoms with Crippen molar-refractivity contribution in [3.05, 3.63) is 34.5 Å². The molecule has 6 heteroatoms. The van der Waals surface area contributed by atoms with Gasteiger partial charge in [0.25, 0.3) is 5.91 Å². The number of carbonyl (C=O) groups is 2. The van der Waals surface area contributed by atoms with Gasteiger partial charge in [0.05, 0.1) is 5.41 Å². The second-order valence-corrected chi connectivity index (χ2v) is 7.44. The minimum absolute atomic E-state index is 0.0578. The van der Waals surface area contributed by atoms with E-state index < -0.39 is 11.4 Å². The number of halogens is 1. The van der Waals surface area contributed by atoms with E-state index in [2.05, 4.69) is 15.9 Å². The fraction of sp³-hybridized carbons (Fsp3) is 0.412. The van der Waals surface area contributed by atoms with Crippen LogP contribution < -0.4 is 0 Å². The Kier molecular flexibility index (Phi) is 3.27. The number of fused-ring (bicyclic) bond motifs is 2. The molecule has 1 aromatic carbocycles. The first-order chi connectivity index (χ1) is 11.0. The summed E-state index contributed by atoms with van der Waals surface area (Å²) in [5.74, 6) is -0.655. The lowest BCUT2D eigenvalue weighted by molar-refractivity contribution is -0.149. The first kappa shape index (κ1) is 14.8. The molecule has 2 aromatic rings. The highest BCUT2D eigenvalue weighted by Gasteiger charge is 2.56. The summed E-state index contributed by atoms with van der Waals surface area (Å²) in [7, 11) is 0. The Balaban J connectivity index is 1.63. The van der Waals surface area contributed by atoms with Crippen LogP contribution in [0.25, 0.3) is 11.0 Å². The topological polar surface area (TPSA) is 70.8 Å². The number of furan rings is 1.